The van der Waals surface area contributed by atoms with E-state index in [0.717, 1.165) is 11.8 Å². The first-order valence-electron chi connectivity index (χ1n) is 9.18. The van der Waals surface area contributed by atoms with Crippen LogP contribution in [0.1, 0.15) is 67.2 Å². The van der Waals surface area contributed by atoms with Crippen molar-refractivity contribution >= 4 is 0 Å². The second kappa shape index (κ2) is 4.39. The lowest BCUT2D eigenvalue weighted by Crippen LogP contribution is -2.67. The molecule has 2 aliphatic carbocycles. The van der Waals surface area contributed by atoms with Crippen LogP contribution in [0.15, 0.2) is 10.2 Å². The molecule has 0 unspecified atom stereocenters. The van der Waals surface area contributed by atoms with Gasteiger partial charge in [0.2, 0.25) is 0 Å². The van der Waals surface area contributed by atoms with Crippen molar-refractivity contribution in [3.8, 4) is 0 Å². The lowest BCUT2D eigenvalue weighted by molar-refractivity contribution is -0.745. The Balaban J connectivity index is 1.76. The van der Waals surface area contributed by atoms with E-state index in [1.165, 1.54) is 25.7 Å². The minimum absolute atomic E-state index is 0.148. The summed E-state index contributed by atoms with van der Waals surface area (Å²) in [5.41, 5.74) is 0.295. The van der Waals surface area contributed by atoms with Crippen LogP contribution < -0.4 is 0 Å². The normalized spacial score (nSPS) is 43.7. The van der Waals surface area contributed by atoms with E-state index in [-0.39, 0.29) is 11.1 Å². The summed E-state index contributed by atoms with van der Waals surface area (Å²) in [5.74, 6) is 1.49. The van der Waals surface area contributed by atoms with Crippen LogP contribution in [-0.2, 0) is 0 Å². The van der Waals surface area contributed by atoms with E-state index in [0.29, 0.717) is 24.2 Å². The van der Waals surface area contributed by atoms with E-state index in [9.17, 15) is 0 Å². The molecular formula is C18H32N4+2. The maximum absolute atomic E-state index is 5.21. The molecule has 2 fully saturated rings. The molecule has 4 bridgehead atoms. The predicted molar refractivity (Wildman–Crippen MR) is 85.5 cm³/mol. The third kappa shape index (κ3) is 1.94. The molecule has 4 nitrogen and oxygen atoms in total. The van der Waals surface area contributed by atoms with E-state index in [4.69, 9.17) is 10.2 Å². The monoisotopic (exact) mass is 304 g/mol. The Kier molecular flexibility index (Phi) is 2.95. The molecule has 0 aromatic heterocycles. The average molecular weight is 304 g/mol. The Morgan fingerprint density at radius 3 is 1.32 bits per heavy atom. The van der Waals surface area contributed by atoms with Crippen molar-refractivity contribution in [1.29, 1.82) is 0 Å². The largest absolute Gasteiger partial charge is 0.184 e. The van der Waals surface area contributed by atoms with Crippen LogP contribution in [0.4, 0.5) is 0 Å². The van der Waals surface area contributed by atoms with Gasteiger partial charge in [-0.05, 0) is 23.1 Å². The quantitative estimate of drug-likeness (QED) is 0.609. The molecule has 122 valence electrons. The maximum atomic E-state index is 5.21. The molecule has 0 radical (unpaired) electrons. The SMILES string of the molecule is CC(C)(C)[N+]1=N[C@H]2CC[C@@H]1[C@H]1[C@@H]2[C@H]2CC[C@@H]1N=[N+]2C(C)(C)C. The van der Waals surface area contributed by atoms with Crippen LogP contribution in [0.25, 0.3) is 0 Å². The summed E-state index contributed by atoms with van der Waals surface area (Å²) in [6, 6.07) is 2.30. The van der Waals surface area contributed by atoms with E-state index < -0.39 is 0 Å². The summed E-state index contributed by atoms with van der Waals surface area (Å²) in [6.07, 6.45) is 5.22. The van der Waals surface area contributed by atoms with Crippen molar-refractivity contribution in [3.05, 3.63) is 0 Å². The highest BCUT2D eigenvalue weighted by molar-refractivity contribution is 5.05. The first-order chi connectivity index (χ1) is 10.2. The van der Waals surface area contributed by atoms with Gasteiger partial charge in [-0.2, -0.15) is 0 Å². The number of hydrogen-bond acceptors (Lipinski definition) is 2. The number of nitrogens with zero attached hydrogens (tertiary/aromatic N) is 4. The molecule has 2 saturated carbocycles. The molecule has 0 N–H and O–H groups in total. The molecule has 0 aromatic rings. The molecule has 0 aromatic carbocycles. The van der Waals surface area contributed by atoms with Crippen molar-refractivity contribution in [1.82, 2.24) is 0 Å². The highest BCUT2D eigenvalue weighted by Gasteiger charge is 2.66. The highest BCUT2D eigenvalue weighted by Crippen LogP contribution is 2.52. The van der Waals surface area contributed by atoms with E-state index in [2.05, 4.69) is 50.9 Å². The van der Waals surface area contributed by atoms with E-state index in [1.807, 2.05) is 0 Å². The van der Waals surface area contributed by atoms with Crippen LogP contribution in [-0.4, -0.2) is 44.6 Å². The average Bonchev–Trinajstić information content (AvgIpc) is 2.46. The molecule has 4 heterocycles. The molecule has 0 amide bonds. The molecule has 6 rings (SSSR count). The number of hydrogen-bond donors (Lipinski definition) is 0. The van der Waals surface area contributed by atoms with Gasteiger partial charge in [-0.25, -0.2) is 0 Å². The van der Waals surface area contributed by atoms with Gasteiger partial charge in [-0.1, -0.05) is 0 Å². The lowest BCUT2D eigenvalue weighted by atomic mass is 9.59. The fourth-order valence-electron chi connectivity index (χ4n) is 5.66. The molecular weight excluding hydrogens is 272 g/mol. The van der Waals surface area contributed by atoms with Gasteiger partial charge in [0, 0.05) is 54.4 Å². The molecule has 4 heteroatoms. The van der Waals surface area contributed by atoms with Crippen LogP contribution in [0.5, 0.6) is 0 Å². The Bertz CT molecular complexity index is 498. The van der Waals surface area contributed by atoms with Crippen molar-refractivity contribution < 1.29 is 9.39 Å². The zero-order valence-corrected chi connectivity index (χ0v) is 15.1. The Morgan fingerprint density at radius 2 is 1.00 bits per heavy atom. The topological polar surface area (TPSA) is 30.7 Å². The summed E-state index contributed by atoms with van der Waals surface area (Å²) in [6.45, 7) is 13.9. The Hall–Kier alpha value is -0.800. The Morgan fingerprint density at radius 1 is 0.636 bits per heavy atom. The van der Waals surface area contributed by atoms with Crippen molar-refractivity contribution in [3.63, 3.8) is 0 Å². The second-order valence-corrected chi connectivity index (χ2v) is 9.84. The molecule has 6 atom stereocenters. The van der Waals surface area contributed by atoms with Crippen LogP contribution >= 0.6 is 0 Å². The summed E-state index contributed by atoms with van der Waals surface area (Å²) >= 11 is 0. The van der Waals surface area contributed by atoms with Gasteiger partial charge in [-0.15, -0.1) is 9.39 Å². The zero-order chi connectivity index (χ0) is 15.9. The van der Waals surface area contributed by atoms with E-state index in [1.54, 1.807) is 0 Å². The third-order valence-corrected chi connectivity index (χ3v) is 6.29. The van der Waals surface area contributed by atoms with Crippen molar-refractivity contribution in [2.24, 2.45) is 22.1 Å². The molecule has 0 spiro atoms. The molecule has 0 saturated heterocycles. The minimum atomic E-state index is 0.148. The van der Waals surface area contributed by atoms with Crippen LogP contribution in [0.2, 0.25) is 0 Å². The van der Waals surface area contributed by atoms with Gasteiger partial charge in [0.1, 0.15) is 12.1 Å². The van der Waals surface area contributed by atoms with Gasteiger partial charge in [-0.3, -0.25) is 0 Å². The fourth-order valence-corrected chi connectivity index (χ4v) is 5.66. The third-order valence-electron chi connectivity index (χ3n) is 6.29. The summed E-state index contributed by atoms with van der Waals surface area (Å²) in [4.78, 5) is 0. The first kappa shape index (κ1) is 14.8. The van der Waals surface area contributed by atoms with Gasteiger partial charge in [0.05, 0.1) is 11.8 Å². The maximum Gasteiger partial charge on any atom is 0.184 e. The smallest absolute Gasteiger partial charge is 0.120 e. The van der Waals surface area contributed by atoms with Crippen molar-refractivity contribution in [2.75, 3.05) is 0 Å². The van der Waals surface area contributed by atoms with Crippen molar-refractivity contribution in [2.45, 2.75) is 102 Å². The van der Waals surface area contributed by atoms with Gasteiger partial charge in [0.25, 0.3) is 0 Å². The molecule has 4 aliphatic heterocycles. The summed E-state index contributed by atoms with van der Waals surface area (Å²) < 4.78 is 4.92. The molecule has 22 heavy (non-hydrogen) atoms. The van der Waals surface area contributed by atoms with Gasteiger partial charge >= 0.3 is 0 Å². The Labute approximate surface area is 134 Å². The van der Waals surface area contributed by atoms with Crippen LogP contribution in [0, 0.1) is 11.8 Å². The first-order valence-corrected chi connectivity index (χ1v) is 9.18. The van der Waals surface area contributed by atoms with Crippen LogP contribution in [0.3, 0.4) is 0 Å². The highest BCUT2D eigenvalue weighted by atomic mass is 15.4. The van der Waals surface area contributed by atoms with Gasteiger partial charge in [0.15, 0.2) is 23.2 Å². The van der Waals surface area contributed by atoms with Gasteiger partial charge < -0.3 is 0 Å². The predicted octanol–water partition coefficient (Wildman–Crippen LogP) is 3.83. The number of rotatable bonds is 0. The summed E-state index contributed by atoms with van der Waals surface area (Å²) in [5, 5.41) is 10.4. The number of fused-ring (bicyclic) bond motifs is 2. The lowest BCUT2D eigenvalue weighted by Gasteiger charge is -2.52. The summed E-state index contributed by atoms with van der Waals surface area (Å²) in [7, 11) is 0. The molecule has 6 aliphatic rings. The fraction of sp³-hybridized carbons (Fsp3) is 1.00. The zero-order valence-electron chi connectivity index (χ0n) is 15.1. The van der Waals surface area contributed by atoms with E-state index >= 15 is 0 Å². The standard InChI is InChI=1S/C18H32N4/c1-17(2,3)21-13-9-7-11(19-21)16-14-10-8-12(15(13)16)20-22(14)18(4,5)6/h11-16H,7-10H2,1-6H3/q+2/t11-,12-,13+,14+,15-,16-/m0/s1. The second-order valence-electron chi connectivity index (χ2n) is 9.84. The minimum Gasteiger partial charge on any atom is -0.120 e. The number of azo groups is 4.